The molecule has 0 saturated heterocycles. The van der Waals surface area contributed by atoms with Crippen LogP contribution in [0.25, 0.3) is 0 Å². The molecular formula is C22H22N2O5. The first-order chi connectivity index (χ1) is 14.0. The number of aromatic nitrogens is 1. The van der Waals surface area contributed by atoms with Crippen molar-refractivity contribution in [1.29, 1.82) is 0 Å². The highest BCUT2D eigenvalue weighted by Crippen LogP contribution is 2.22. The van der Waals surface area contributed by atoms with Crippen molar-refractivity contribution in [2.75, 3.05) is 6.61 Å². The van der Waals surface area contributed by atoms with Gasteiger partial charge >= 0.3 is 5.97 Å². The van der Waals surface area contributed by atoms with Crippen LogP contribution in [-0.2, 0) is 22.7 Å². The number of hydrogen-bond donors (Lipinski definition) is 1. The van der Waals surface area contributed by atoms with Gasteiger partial charge in [-0.2, -0.15) is 0 Å². The molecular weight excluding hydrogens is 372 g/mol. The van der Waals surface area contributed by atoms with Crippen LogP contribution in [-0.4, -0.2) is 23.6 Å². The van der Waals surface area contributed by atoms with Gasteiger partial charge in [-0.25, -0.2) is 4.79 Å². The fourth-order valence-corrected chi connectivity index (χ4v) is 2.68. The highest BCUT2D eigenvalue weighted by molar-refractivity contribution is 5.94. The number of benzene rings is 2. The molecule has 0 aliphatic carbocycles. The maximum atomic E-state index is 12.4. The third kappa shape index (κ3) is 5.44. The molecule has 0 unspecified atom stereocenters. The van der Waals surface area contributed by atoms with Crippen LogP contribution in [0.1, 0.15) is 32.9 Å². The lowest BCUT2D eigenvalue weighted by molar-refractivity contribution is -0.124. The van der Waals surface area contributed by atoms with Crippen molar-refractivity contribution in [2.24, 2.45) is 0 Å². The molecule has 2 aromatic carbocycles. The number of esters is 1. The maximum absolute atomic E-state index is 12.4. The topological polar surface area (TPSA) is 90.7 Å². The van der Waals surface area contributed by atoms with E-state index in [1.165, 1.54) is 0 Å². The first-order valence-corrected chi connectivity index (χ1v) is 9.16. The molecule has 29 heavy (non-hydrogen) atoms. The van der Waals surface area contributed by atoms with Crippen LogP contribution in [0.4, 0.5) is 0 Å². The molecule has 0 radical (unpaired) electrons. The average Bonchev–Trinajstić information content (AvgIpc) is 3.07. The van der Waals surface area contributed by atoms with Crippen LogP contribution >= 0.6 is 0 Å². The predicted molar refractivity (Wildman–Crippen MR) is 105 cm³/mol. The van der Waals surface area contributed by atoms with E-state index in [9.17, 15) is 9.59 Å². The Labute approximate surface area is 168 Å². The summed E-state index contributed by atoms with van der Waals surface area (Å²) in [6.07, 6.45) is 0. The molecule has 1 amide bonds. The minimum absolute atomic E-state index is 0.211. The lowest BCUT2D eigenvalue weighted by atomic mass is 10.2. The smallest absolute Gasteiger partial charge is 0.342 e. The van der Waals surface area contributed by atoms with E-state index in [2.05, 4.69) is 10.5 Å². The molecule has 7 nitrogen and oxygen atoms in total. The van der Waals surface area contributed by atoms with Gasteiger partial charge in [-0.05, 0) is 31.5 Å². The first-order valence-electron chi connectivity index (χ1n) is 9.16. The molecule has 0 saturated carbocycles. The Bertz CT molecular complexity index is 962. The Balaban J connectivity index is 1.54. The van der Waals surface area contributed by atoms with Gasteiger partial charge in [0.05, 0.1) is 11.3 Å². The van der Waals surface area contributed by atoms with Gasteiger partial charge in [-0.15, -0.1) is 0 Å². The average molecular weight is 394 g/mol. The second kappa shape index (κ2) is 9.54. The number of nitrogens with zero attached hydrogens (tertiary/aromatic N) is 1. The second-order valence-electron chi connectivity index (χ2n) is 6.43. The van der Waals surface area contributed by atoms with Gasteiger partial charge in [0, 0.05) is 6.54 Å². The fourth-order valence-electron chi connectivity index (χ4n) is 2.68. The van der Waals surface area contributed by atoms with E-state index in [-0.39, 0.29) is 24.7 Å². The van der Waals surface area contributed by atoms with Crippen LogP contribution in [0.2, 0.25) is 0 Å². The number of nitrogens with one attached hydrogen (secondary N) is 1. The summed E-state index contributed by atoms with van der Waals surface area (Å²) in [5, 5.41) is 6.59. The number of ether oxygens (including phenoxy) is 2. The normalized spacial score (nSPS) is 10.4. The third-order valence-electron chi connectivity index (χ3n) is 4.33. The highest BCUT2D eigenvalue weighted by atomic mass is 16.5. The van der Waals surface area contributed by atoms with Crippen molar-refractivity contribution in [1.82, 2.24) is 10.5 Å². The minimum Gasteiger partial charge on any atom is -0.488 e. The summed E-state index contributed by atoms with van der Waals surface area (Å²) in [5.41, 5.74) is 2.77. The Morgan fingerprint density at radius 2 is 1.76 bits per heavy atom. The van der Waals surface area contributed by atoms with Gasteiger partial charge in [0.25, 0.3) is 5.91 Å². The SMILES string of the molecule is Cc1noc(C)c1COc1ccccc1C(=O)OCC(=O)NCc1ccccc1. The van der Waals surface area contributed by atoms with Gasteiger partial charge in [0.1, 0.15) is 23.7 Å². The molecule has 7 heteroatoms. The highest BCUT2D eigenvalue weighted by Gasteiger charge is 2.17. The van der Waals surface area contributed by atoms with Crippen LogP contribution in [0, 0.1) is 13.8 Å². The summed E-state index contributed by atoms with van der Waals surface area (Å²) in [6, 6.07) is 16.2. The number of carbonyl (C=O) groups excluding carboxylic acids is 2. The molecule has 0 bridgehead atoms. The molecule has 3 rings (SSSR count). The molecule has 1 heterocycles. The van der Waals surface area contributed by atoms with Gasteiger partial charge in [-0.3, -0.25) is 4.79 Å². The lowest BCUT2D eigenvalue weighted by Gasteiger charge is -2.11. The molecule has 0 spiro atoms. The number of rotatable bonds is 8. The van der Waals surface area contributed by atoms with E-state index in [4.69, 9.17) is 14.0 Å². The molecule has 0 aliphatic rings. The van der Waals surface area contributed by atoms with E-state index in [0.29, 0.717) is 18.1 Å². The van der Waals surface area contributed by atoms with Crippen LogP contribution in [0.5, 0.6) is 5.75 Å². The summed E-state index contributed by atoms with van der Waals surface area (Å²) in [4.78, 5) is 24.4. The van der Waals surface area contributed by atoms with Crippen LogP contribution in [0.3, 0.4) is 0 Å². The van der Waals surface area contributed by atoms with Gasteiger partial charge in [-0.1, -0.05) is 47.6 Å². The maximum Gasteiger partial charge on any atom is 0.342 e. The molecule has 150 valence electrons. The van der Waals surface area contributed by atoms with E-state index in [0.717, 1.165) is 16.8 Å². The summed E-state index contributed by atoms with van der Waals surface area (Å²) in [6.45, 7) is 3.83. The fraction of sp³-hybridized carbons (Fsp3) is 0.227. The zero-order valence-electron chi connectivity index (χ0n) is 16.3. The Morgan fingerprint density at radius 1 is 1.03 bits per heavy atom. The summed E-state index contributed by atoms with van der Waals surface area (Å²) in [5.74, 6) is 0.0189. The van der Waals surface area contributed by atoms with Crippen molar-refractivity contribution in [3.63, 3.8) is 0 Å². The zero-order valence-corrected chi connectivity index (χ0v) is 16.3. The molecule has 3 aromatic rings. The second-order valence-corrected chi connectivity index (χ2v) is 6.43. The molecule has 1 N–H and O–H groups in total. The third-order valence-corrected chi connectivity index (χ3v) is 4.33. The van der Waals surface area contributed by atoms with E-state index in [1.54, 1.807) is 31.2 Å². The molecule has 0 atom stereocenters. The van der Waals surface area contributed by atoms with E-state index < -0.39 is 5.97 Å². The number of hydrogen-bond acceptors (Lipinski definition) is 6. The number of aryl methyl sites for hydroxylation is 2. The Kier molecular flexibility index (Phi) is 6.63. The predicted octanol–water partition coefficient (Wildman–Crippen LogP) is 3.34. The lowest BCUT2D eigenvalue weighted by Crippen LogP contribution is -2.28. The van der Waals surface area contributed by atoms with Crippen molar-refractivity contribution in [2.45, 2.75) is 27.0 Å². The summed E-state index contributed by atoms with van der Waals surface area (Å²) in [7, 11) is 0. The van der Waals surface area contributed by atoms with Crippen molar-refractivity contribution in [3.8, 4) is 5.75 Å². The van der Waals surface area contributed by atoms with E-state index >= 15 is 0 Å². The quantitative estimate of drug-likeness (QED) is 0.589. The van der Waals surface area contributed by atoms with Crippen LogP contribution < -0.4 is 10.1 Å². The van der Waals surface area contributed by atoms with Crippen molar-refractivity contribution >= 4 is 11.9 Å². The number of amides is 1. The molecule has 0 aliphatic heterocycles. The van der Waals surface area contributed by atoms with Crippen LogP contribution in [0.15, 0.2) is 59.1 Å². The van der Waals surface area contributed by atoms with Gasteiger partial charge < -0.3 is 19.3 Å². The van der Waals surface area contributed by atoms with Gasteiger partial charge in [0.2, 0.25) is 0 Å². The number of carbonyl (C=O) groups is 2. The summed E-state index contributed by atoms with van der Waals surface area (Å²) >= 11 is 0. The van der Waals surface area contributed by atoms with Crippen molar-refractivity contribution < 1.29 is 23.6 Å². The standard InChI is InChI=1S/C22H22N2O5/c1-15-19(16(2)29-24-15)13-27-20-11-7-6-10-18(20)22(26)28-14-21(25)23-12-17-8-4-3-5-9-17/h3-11H,12-14H2,1-2H3,(H,23,25). The monoisotopic (exact) mass is 394 g/mol. The zero-order chi connectivity index (χ0) is 20.6. The molecule has 0 fully saturated rings. The number of para-hydroxylation sites is 1. The Morgan fingerprint density at radius 3 is 2.48 bits per heavy atom. The van der Waals surface area contributed by atoms with E-state index in [1.807, 2.05) is 37.3 Å². The summed E-state index contributed by atoms with van der Waals surface area (Å²) < 4.78 is 16.0. The largest absolute Gasteiger partial charge is 0.488 e. The minimum atomic E-state index is -0.630. The van der Waals surface area contributed by atoms with Crippen molar-refractivity contribution in [3.05, 3.63) is 82.7 Å². The Hall–Kier alpha value is -3.61. The molecule has 1 aromatic heterocycles. The van der Waals surface area contributed by atoms with Gasteiger partial charge in [0.15, 0.2) is 6.61 Å². The first kappa shape index (κ1) is 20.1.